The van der Waals surface area contributed by atoms with Crippen LogP contribution in [0.5, 0.6) is 17.2 Å². The number of hydrogen-bond acceptors (Lipinski definition) is 5. The number of phenols is 1. The molecule has 3 rings (SSSR count). The predicted octanol–water partition coefficient (Wildman–Crippen LogP) is 5.49. The van der Waals surface area contributed by atoms with Crippen LogP contribution in [0.1, 0.15) is 36.7 Å². The molecule has 0 radical (unpaired) electrons. The summed E-state index contributed by atoms with van der Waals surface area (Å²) in [7, 11) is 3.36. The first-order valence-corrected chi connectivity index (χ1v) is 9.31. The van der Waals surface area contributed by atoms with Crippen LogP contribution in [-0.2, 0) is 12.7 Å². The van der Waals surface area contributed by atoms with Crippen LogP contribution in [0.4, 0.5) is 13.2 Å². The molecule has 0 saturated heterocycles. The van der Waals surface area contributed by atoms with Crippen molar-refractivity contribution >= 4 is 11.0 Å². The Morgan fingerprint density at radius 2 is 1.80 bits per heavy atom. The van der Waals surface area contributed by atoms with Crippen LogP contribution in [0.25, 0.3) is 11.0 Å². The lowest BCUT2D eigenvalue weighted by Gasteiger charge is -2.18. The van der Waals surface area contributed by atoms with Gasteiger partial charge in [-0.15, -0.1) is 0 Å². The molecule has 8 heteroatoms. The summed E-state index contributed by atoms with van der Waals surface area (Å²) in [6.07, 6.45) is -4.98. The largest absolute Gasteiger partial charge is 0.507 e. The van der Waals surface area contributed by atoms with Crippen molar-refractivity contribution in [3.8, 4) is 17.2 Å². The lowest BCUT2D eigenvalue weighted by Crippen LogP contribution is -2.17. The third kappa shape index (κ3) is 4.14. The number of benzene rings is 2. The molecule has 0 aliphatic carbocycles. The van der Waals surface area contributed by atoms with E-state index in [0.717, 1.165) is 0 Å². The second-order valence-corrected chi connectivity index (χ2v) is 7.56. The number of para-hydroxylation sites is 1. The maximum atomic E-state index is 13.8. The van der Waals surface area contributed by atoms with Gasteiger partial charge in [0.2, 0.25) is 11.2 Å². The van der Waals surface area contributed by atoms with Gasteiger partial charge in [-0.2, -0.15) is 13.2 Å². The number of aromatic hydroxyl groups is 1. The number of hydrogen-bond donors (Lipinski definition) is 1. The summed E-state index contributed by atoms with van der Waals surface area (Å²) < 4.78 is 52.2. The van der Waals surface area contributed by atoms with Crippen molar-refractivity contribution in [2.24, 2.45) is 0 Å². The van der Waals surface area contributed by atoms with Gasteiger partial charge in [0.25, 0.3) is 5.76 Å². The molecule has 5 nitrogen and oxygen atoms in total. The van der Waals surface area contributed by atoms with E-state index in [4.69, 9.17) is 9.15 Å². The Morgan fingerprint density at radius 3 is 2.40 bits per heavy atom. The van der Waals surface area contributed by atoms with Crippen molar-refractivity contribution in [3.63, 3.8) is 0 Å². The van der Waals surface area contributed by atoms with Gasteiger partial charge in [-0.25, -0.2) is 0 Å². The minimum atomic E-state index is -4.98. The van der Waals surface area contributed by atoms with Gasteiger partial charge in [0.05, 0.1) is 10.9 Å². The van der Waals surface area contributed by atoms with Crippen molar-refractivity contribution in [3.05, 3.63) is 63.5 Å². The van der Waals surface area contributed by atoms with Crippen LogP contribution in [0, 0.1) is 0 Å². The zero-order chi connectivity index (χ0) is 22.2. The predicted molar refractivity (Wildman–Crippen MR) is 107 cm³/mol. The van der Waals surface area contributed by atoms with E-state index in [-0.39, 0.29) is 40.5 Å². The molecule has 2 aromatic carbocycles. The fraction of sp³-hybridized carbons (Fsp3) is 0.318. The quantitative estimate of drug-likeness (QED) is 0.590. The smallest absolute Gasteiger partial charge is 0.453 e. The van der Waals surface area contributed by atoms with Gasteiger partial charge in [0.1, 0.15) is 17.1 Å². The SMILES string of the molecule is CC(C)c1ccccc1Oc1c(C(F)(F)F)oc2c(CN(C)C)c(O)ccc2c1=O. The number of phenolic OH excluding ortho intramolecular Hbond substituents is 1. The normalized spacial score (nSPS) is 12.2. The van der Waals surface area contributed by atoms with Crippen molar-refractivity contribution in [2.45, 2.75) is 32.5 Å². The highest BCUT2D eigenvalue weighted by Crippen LogP contribution is 2.41. The van der Waals surface area contributed by atoms with Gasteiger partial charge >= 0.3 is 6.18 Å². The summed E-state index contributed by atoms with van der Waals surface area (Å²) in [6, 6.07) is 9.08. The first-order valence-electron chi connectivity index (χ1n) is 9.31. The molecule has 160 valence electrons. The number of alkyl halides is 3. The first-order chi connectivity index (χ1) is 14.0. The van der Waals surface area contributed by atoms with E-state index in [1.807, 2.05) is 13.8 Å². The number of halogens is 3. The van der Waals surface area contributed by atoms with Gasteiger partial charge < -0.3 is 19.2 Å². The topological polar surface area (TPSA) is 62.9 Å². The van der Waals surface area contributed by atoms with E-state index >= 15 is 0 Å². The average Bonchev–Trinajstić information content (AvgIpc) is 2.65. The van der Waals surface area contributed by atoms with Crippen molar-refractivity contribution in [1.82, 2.24) is 4.90 Å². The van der Waals surface area contributed by atoms with Crippen LogP contribution in [0.15, 0.2) is 45.6 Å². The molecule has 0 fully saturated rings. The molecule has 0 unspecified atom stereocenters. The molecule has 0 aliphatic rings. The molecule has 0 saturated carbocycles. The highest BCUT2D eigenvalue weighted by Gasteiger charge is 2.41. The second kappa shape index (κ2) is 8.02. The fourth-order valence-corrected chi connectivity index (χ4v) is 3.20. The summed E-state index contributed by atoms with van der Waals surface area (Å²) in [5.74, 6) is -2.61. The average molecular weight is 421 g/mol. The molecule has 0 aliphatic heterocycles. The molecule has 1 heterocycles. The summed E-state index contributed by atoms with van der Waals surface area (Å²) in [6.45, 7) is 3.82. The van der Waals surface area contributed by atoms with E-state index in [1.165, 1.54) is 18.2 Å². The van der Waals surface area contributed by atoms with Crippen molar-refractivity contribution < 1.29 is 27.4 Å². The molecule has 0 amide bonds. The minimum Gasteiger partial charge on any atom is -0.507 e. The number of ether oxygens (including phenoxy) is 1. The maximum Gasteiger partial charge on any atom is 0.453 e. The summed E-state index contributed by atoms with van der Waals surface area (Å²) >= 11 is 0. The molecule has 3 aromatic rings. The van der Waals surface area contributed by atoms with Crippen molar-refractivity contribution in [2.75, 3.05) is 14.1 Å². The van der Waals surface area contributed by atoms with Crippen LogP contribution in [-0.4, -0.2) is 24.1 Å². The van der Waals surface area contributed by atoms with E-state index in [0.29, 0.717) is 5.56 Å². The standard InChI is InChI=1S/C22H22F3NO4/c1-12(2)13-7-5-6-8-17(13)29-20-18(28)14-9-10-16(27)15(11-26(3)4)19(14)30-21(20)22(23,24)25/h5-10,12,27H,11H2,1-4H3. The Morgan fingerprint density at radius 1 is 1.13 bits per heavy atom. The van der Waals surface area contributed by atoms with E-state index in [9.17, 15) is 23.1 Å². The highest BCUT2D eigenvalue weighted by atomic mass is 19.4. The number of fused-ring (bicyclic) bond motifs is 1. The molecule has 1 N–H and O–H groups in total. The van der Waals surface area contributed by atoms with E-state index < -0.39 is 23.1 Å². The van der Waals surface area contributed by atoms with Crippen LogP contribution >= 0.6 is 0 Å². The lowest BCUT2D eigenvalue weighted by molar-refractivity contribution is -0.154. The summed E-state index contributed by atoms with van der Waals surface area (Å²) in [5.41, 5.74) is -0.522. The first kappa shape index (κ1) is 21.7. The molecule has 0 spiro atoms. The second-order valence-electron chi connectivity index (χ2n) is 7.56. The lowest BCUT2D eigenvalue weighted by atomic mass is 10.0. The summed E-state index contributed by atoms with van der Waals surface area (Å²) in [5, 5.41) is 10.0. The van der Waals surface area contributed by atoms with Crippen LogP contribution in [0.2, 0.25) is 0 Å². The highest BCUT2D eigenvalue weighted by molar-refractivity contribution is 5.83. The molecule has 0 atom stereocenters. The maximum absolute atomic E-state index is 13.8. The third-order valence-corrected chi connectivity index (χ3v) is 4.58. The third-order valence-electron chi connectivity index (χ3n) is 4.58. The van der Waals surface area contributed by atoms with Gasteiger partial charge in [-0.05, 0) is 43.8 Å². The molecule has 0 bridgehead atoms. The Hall–Kier alpha value is -3.00. The van der Waals surface area contributed by atoms with Crippen molar-refractivity contribution in [1.29, 1.82) is 0 Å². The van der Waals surface area contributed by atoms with E-state index in [2.05, 4.69) is 0 Å². The Labute approximate surface area is 171 Å². The Bertz CT molecular complexity index is 1130. The Balaban J connectivity index is 2.31. The van der Waals surface area contributed by atoms with Crippen LogP contribution in [0.3, 0.4) is 0 Å². The Kier molecular flexibility index (Phi) is 5.81. The van der Waals surface area contributed by atoms with Gasteiger partial charge in [0, 0.05) is 6.54 Å². The zero-order valence-electron chi connectivity index (χ0n) is 17.0. The number of nitrogens with zero attached hydrogens (tertiary/aromatic N) is 1. The van der Waals surface area contributed by atoms with Crippen LogP contribution < -0.4 is 10.2 Å². The molecular weight excluding hydrogens is 399 g/mol. The van der Waals surface area contributed by atoms with E-state index in [1.54, 1.807) is 37.2 Å². The van der Waals surface area contributed by atoms with Gasteiger partial charge in [0.15, 0.2) is 0 Å². The van der Waals surface area contributed by atoms with Gasteiger partial charge in [-0.1, -0.05) is 32.0 Å². The number of rotatable bonds is 5. The fourth-order valence-electron chi connectivity index (χ4n) is 3.20. The summed E-state index contributed by atoms with van der Waals surface area (Å²) in [4.78, 5) is 14.7. The molecule has 30 heavy (non-hydrogen) atoms. The zero-order valence-corrected chi connectivity index (χ0v) is 17.0. The molecular formula is C22H22F3NO4. The minimum absolute atomic E-state index is 0.0355. The molecule has 1 aromatic heterocycles. The van der Waals surface area contributed by atoms with Gasteiger partial charge in [-0.3, -0.25) is 4.79 Å². The monoisotopic (exact) mass is 421 g/mol.